The van der Waals surface area contributed by atoms with E-state index in [1.807, 2.05) is 0 Å². The zero-order valence-corrected chi connectivity index (χ0v) is 11.7. The van der Waals surface area contributed by atoms with Crippen molar-refractivity contribution in [2.24, 2.45) is 5.73 Å². The summed E-state index contributed by atoms with van der Waals surface area (Å²) in [6.45, 7) is 0.215. The molecule has 0 unspecified atom stereocenters. The SMILES string of the molecule is COc1ccc(C#CCN)c(CN2C(=O)COCC2=O)c1. The second kappa shape index (κ2) is 6.88. The highest BCUT2D eigenvalue weighted by Crippen LogP contribution is 2.20. The number of benzene rings is 1. The first-order chi connectivity index (χ1) is 10.2. The van der Waals surface area contributed by atoms with Crippen molar-refractivity contribution >= 4 is 11.8 Å². The van der Waals surface area contributed by atoms with Crippen LogP contribution in [-0.2, 0) is 20.9 Å². The third-order valence-electron chi connectivity index (χ3n) is 3.02. The Morgan fingerprint density at radius 2 is 2.05 bits per heavy atom. The molecule has 2 rings (SSSR count). The first kappa shape index (κ1) is 15.0. The fourth-order valence-electron chi connectivity index (χ4n) is 1.96. The first-order valence-electron chi connectivity index (χ1n) is 6.42. The number of methoxy groups -OCH3 is 1. The van der Waals surface area contributed by atoms with Crippen LogP contribution in [0.1, 0.15) is 11.1 Å². The number of carbonyl (C=O) groups excluding carboxylic acids is 2. The maximum atomic E-state index is 11.8. The topological polar surface area (TPSA) is 81.9 Å². The molecule has 0 saturated carbocycles. The minimum Gasteiger partial charge on any atom is -0.497 e. The van der Waals surface area contributed by atoms with Gasteiger partial charge in [-0.2, -0.15) is 0 Å². The maximum Gasteiger partial charge on any atom is 0.255 e. The third-order valence-corrected chi connectivity index (χ3v) is 3.02. The predicted octanol–water partition coefficient (Wildman–Crippen LogP) is -0.109. The number of carbonyl (C=O) groups is 2. The second-order valence-corrected chi connectivity index (χ2v) is 4.40. The van der Waals surface area contributed by atoms with Crippen LogP contribution >= 0.6 is 0 Å². The lowest BCUT2D eigenvalue weighted by Gasteiger charge is -2.25. The van der Waals surface area contributed by atoms with Crippen LogP contribution in [-0.4, -0.2) is 43.6 Å². The summed E-state index contributed by atoms with van der Waals surface area (Å²) < 4.78 is 10.1. The van der Waals surface area contributed by atoms with Gasteiger partial charge in [0.05, 0.1) is 20.2 Å². The minimum absolute atomic E-state index is 0.0838. The van der Waals surface area contributed by atoms with E-state index in [1.54, 1.807) is 25.3 Å². The Labute approximate surface area is 122 Å². The lowest BCUT2D eigenvalue weighted by molar-refractivity contribution is -0.159. The largest absolute Gasteiger partial charge is 0.497 e. The van der Waals surface area contributed by atoms with Gasteiger partial charge in [0, 0.05) is 5.56 Å². The molecule has 110 valence electrons. The lowest BCUT2D eigenvalue weighted by atomic mass is 10.1. The Morgan fingerprint density at radius 1 is 1.33 bits per heavy atom. The summed E-state index contributed by atoms with van der Waals surface area (Å²) in [4.78, 5) is 24.7. The van der Waals surface area contributed by atoms with Crippen molar-refractivity contribution < 1.29 is 19.1 Å². The van der Waals surface area contributed by atoms with Gasteiger partial charge in [0.2, 0.25) is 0 Å². The molecule has 0 spiro atoms. The van der Waals surface area contributed by atoms with E-state index in [1.165, 1.54) is 4.90 Å². The Morgan fingerprint density at radius 3 is 2.67 bits per heavy atom. The van der Waals surface area contributed by atoms with Gasteiger partial charge >= 0.3 is 0 Å². The van der Waals surface area contributed by atoms with Crippen LogP contribution in [0.4, 0.5) is 0 Å². The number of ether oxygens (including phenoxy) is 2. The Kier molecular flexibility index (Phi) is 4.93. The third kappa shape index (κ3) is 3.60. The van der Waals surface area contributed by atoms with Crippen molar-refractivity contribution in [2.75, 3.05) is 26.9 Å². The molecule has 0 atom stereocenters. The van der Waals surface area contributed by atoms with Crippen LogP contribution in [0.3, 0.4) is 0 Å². The van der Waals surface area contributed by atoms with Crippen LogP contribution in [0, 0.1) is 11.8 Å². The molecule has 0 aromatic heterocycles. The van der Waals surface area contributed by atoms with Crippen LogP contribution < -0.4 is 10.5 Å². The number of nitrogens with zero attached hydrogens (tertiary/aromatic N) is 1. The van der Waals surface area contributed by atoms with E-state index in [9.17, 15) is 9.59 Å². The molecular formula is C15H16N2O4. The average molecular weight is 288 g/mol. The average Bonchev–Trinajstić information content (AvgIpc) is 2.49. The van der Waals surface area contributed by atoms with E-state index in [4.69, 9.17) is 15.2 Å². The Bertz CT molecular complexity index is 600. The Hall–Kier alpha value is -2.36. The molecule has 2 amide bonds. The molecule has 1 fully saturated rings. The van der Waals surface area contributed by atoms with Gasteiger partial charge < -0.3 is 15.2 Å². The van der Waals surface area contributed by atoms with Crippen molar-refractivity contribution in [2.45, 2.75) is 6.54 Å². The quantitative estimate of drug-likeness (QED) is 0.620. The number of rotatable bonds is 3. The van der Waals surface area contributed by atoms with Gasteiger partial charge in [-0.1, -0.05) is 11.8 Å². The molecule has 0 bridgehead atoms. The van der Waals surface area contributed by atoms with E-state index >= 15 is 0 Å². The molecule has 1 aromatic rings. The van der Waals surface area contributed by atoms with Gasteiger partial charge in [0.1, 0.15) is 19.0 Å². The van der Waals surface area contributed by atoms with Gasteiger partial charge in [0.25, 0.3) is 11.8 Å². The zero-order valence-electron chi connectivity index (χ0n) is 11.7. The summed E-state index contributed by atoms with van der Waals surface area (Å²) in [6.07, 6.45) is 0. The number of nitrogens with two attached hydrogens (primary N) is 1. The monoisotopic (exact) mass is 288 g/mol. The zero-order chi connectivity index (χ0) is 15.2. The van der Waals surface area contributed by atoms with Gasteiger partial charge in [0.15, 0.2) is 0 Å². The van der Waals surface area contributed by atoms with Crippen molar-refractivity contribution in [1.82, 2.24) is 4.90 Å². The number of amides is 2. The lowest BCUT2D eigenvalue weighted by Crippen LogP contribution is -2.45. The molecule has 2 N–H and O–H groups in total. The minimum atomic E-state index is -0.355. The molecule has 21 heavy (non-hydrogen) atoms. The summed E-state index contributed by atoms with van der Waals surface area (Å²) in [6, 6.07) is 5.32. The van der Waals surface area contributed by atoms with Crippen molar-refractivity contribution in [3.63, 3.8) is 0 Å². The molecule has 6 nitrogen and oxygen atoms in total. The summed E-state index contributed by atoms with van der Waals surface area (Å²) in [5.41, 5.74) is 6.83. The summed E-state index contributed by atoms with van der Waals surface area (Å²) in [7, 11) is 1.55. The molecule has 1 aliphatic rings. The number of morpholine rings is 1. The number of hydrogen-bond acceptors (Lipinski definition) is 5. The smallest absolute Gasteiger partial charge is 0.255 e. The molecule has 0 aliphatic carbocycles. The van der Waals surface area contributed by atoms with E-state index in [2.05, 4.69) is 11.8 Å². The van der Waals surface area contributed by atoms with Crippen LogP contribution in [0.5, 0.6) is 5.75 Å². The molecule has 1 aromatic carbocycles. The fourth-order valence-corrected chi connectivity index (χ4v) is 1.96. The van der Waals surface area contributed by atoms with Crippen molar-refractivity contribution in [1.29, 1.82) is 0 Å². The van der Waals surface area contributed by atoms with E-state index < -0.39 is 0 Å². The molecular weight excluding hydrogens is 272 g/mol. The van der Waals surface area contributed by atoms with Gasteiger partial charge in [-0.05, 0) is 23.8 Å². The summed E-state index contributed by atoms with van der Waals surface area (Å²) >= 11 is 0. The first-order valence-corrected chi connectivity index (χ1v) is 6.42. The highest BCUT2D eigenvalue weighted by Gasteiger charge is 2.27. The molecule has 6 heteroatoms. The van der Waals surface area contributed by atoms with Crippen LogP contribution in [0.15, 0.2) is 18.2 Å². The molecule has 0 radical (unpaired) electrons. The van der Waals surface area contributed by atoms with Gasteiger partial charge in [-0.25, -0.2) is 0 Å². The highest BCUT2D eigenvalue weighted by atomic mass is 16.5. The van der Waals surface area contributed by atoms with E-state index in [-0.39, 0.29) is 38.1 Å². The van der Waals surface area contributed by atoms with E-state index in [0.717, 1.165) is 5.56 Å². The molecule has 1 saturated heterocycles. The molecule has 1 aliphatic heterocycles. The second-order valence-electron chi connectivity index (χ2n) is 4.40. The van der Waals surface area contributed by atoms with Crippen LogP contribution in [0.2, 0.25) is 0 Å². The van der Waals surface area contributed by atoms with Gasteiger partial charge in [-0.15, -0.1) is 0 Å². The normalized spacial score (nSPS) is 14.7. The van der Waals surface area contributed by atoms with Crippen molar-refractivity contribution in [3.8, 4) is 17.6 Å². The standard InChI is InChI=1S/C15H16N2O4/c1-20-13-5-4-11(3-2-6-16)12(7-13)8-17-14(18)9-21-10-15(17)19/h4-5,7H,6,8-10,16H2,1H3. The Balaban J connectivity index is 2.31. The summed E-state index contributed by atoms with van der Waals surface area (Å²) in [5.74, 6) is 5.62. The number of hydrogen-bond donors (Lipinski definition) is 1. The predicted molar refractivity (Wildman–Crippen MR) is 75.3 cm³/mol. The van der Waals surface area contributed by atoms with Crippen LogP contribution in [0.25, 0.3) is 0 Å². The fraction of sp³-hybridized carbons (Fsp3) is 0.333. The maximum absolute atomic E-state index is 11.8. The van der Waals surface area contributed by atoms with Gasteiger partial charge in [-0.3, -0.25) is 14.5 Å². The number of imide groups is 1. The highest BCUT2D eigenvalue weighted by molar-refractivity contribution is 5.98. The van der Waals surface area contributed by atoms with E-state index in [0.29, 0.717) is 11.3 Å². The summed E-state index contributed by atoms with van der Waals surface area (Å²) in [5, 5.41) is 0. The molecule has 1 heterocycles. The van der Waals surface area contributed by atoms with Crippen molar-refractivity contribution in [3.05, 3.63) is 29.3 Å².